The second-order valence-electron chi connectivity index (χ2n) is 6.20. The lowest BCUT2D eigenvalue weighted by atomic mass is 9.99. The predicted molar refractivity (Wildman–Crippen MR) is 69.6 cm³/mol. The van der Waals surface area contributed by atoms with Crippen LogP contribution >= 0.6 is 12.2 Å². The number of nitrogens with zero attached hydrogens (tertiary/aromatic N) is 1. The van der Waals surface area contributed by atoms with Gasteiger partial charge in [0.15, 0.2) is 5.11 Å². The first-order chi connectivity index (χ1) is 7.27. The van der Waals surface area contributed by atoms with E-state index < -0.39 is 0 Å². The first-order valence-corrected chi connectivity index (χ1v) is 6.44. The molecule has 16 heavy (non-hydrogen) atoms. The Balaban J connectivity index is 2.00. The van der Waals surface area contributed by atoms with Crippen LogP contribution in [0.2, 0.25) is 0 Å². The normalized spacial score (nSPS) is 27.6. The maximum absolute atomic E-state index is 6.03. The molecular weight excluding hydrogens is 220 g/mol. The molecule has 1 aliphatic carbocycles. The van der Waals surface area contributed by atoms with Gasteiger partial charge in [-0.15, -0.1) is 0 Å². The van der Waals surface area contributed by atoms with Crippen molar-refractivity contribution in [1.82, 2.24) is 10.2 Å². The molecule has 0 aromatic rings. The van der Waals surface area contributed by atoms with Gasteiger partial charge in [0, 0.05) is 19.1 Å². The number of nitrogens with one attached hydrogen (secondary N) is 1. The van der Waals surface area contributed by atoms with Gasteiger partial charge >= 0.3 is 0 Å². The molecule has 3 nitrogen and oxygen atoms in total. The molecule has 2 aliphatic rings. The number of morpholine rings is 1. The molecule has 0 radical (unpaired) electrons. The molecule has 0 atom stereocenters. The highest BCUT2D eigenvalue weighted by atomic mass is 32.1. The van der Waals surface area contributed by atoms with Crippen molar-refractivity contribution in [3.63, 3.8) is 0 Å². The van der Waals surface area contributed by atoms with Gasteiger partial charge in [-0.25, -0.2) is 0 Å². The van der Waals surface area contributed by atoms with Crippen LogP contribution in [0.1, 0.15) is 40.5 Å². The fourth-order valence-electron chi connectivity index (χ4n) is 2.42. The van der Waals surface area contributed by atoms with Crippen LogP contribution in [-0.4, -0.2) is 40.3 Å². The third-order valence-electron chi connectivity index (χ3n) is 2.89. The van der Waals surface area contributed by atoms with E-state index in [9.17, 15) is 0 Å². The molecule has 0 bridgehead atoms. The van der Waals surface area contributed by atoms with Gasteiger partial charge in [0.2, 0.25) is 0 Å². The van der Waals surface area contributed by atoms with Gasteiger partial charge in [-0.2, -0.15) is 0 Å². The zero-order chi connectivity index (χ0) is 12.0. The summed E-state index contributed by atoms with van der Waals surface area (Å²) >= 11 is 5.45. The second kappa shape index (κ2) is 3.84. The summed E-state index contributed by atoms with van der Waals surface area (Å²) in [4.78, 5) is 2.25. The Morgan fingerprint density at radius 1 is 1.19 bits per heavy atom. The van der Waals surface area contributed by atoms with Crippen LogP contribution in [0, 0.1) is 0 Å². The molecule has 1 saturated heterocycles. The van der Waals surface area contributed by atoms with Crippen molar-refractivity contribution in [3.05, 3.63) is 0 Å². The number of thiocarbonyl (C=S) groups is 1. The zero-order valence-electron chi connectivity index (χ0n) is 10.7. The van der Waals surface area contributed by atoms with Gasteiger partial charge < -0.3 is 15.0 Å². The van der Waals surface area contributed by atoms with Crippen molar-refractivity contribution < 1.29 is 4.74 Å². The van der Waals surface area contributed by atoms with Crippen LogP contribution in [0.3, 0.4) is 0 Å². The Labute approximate surface area is 104 Å². The highest BCUT2D eigenvalue weighted by molar-refractivity contribution is 7.80. The van der Waals surface area contributed by atoms with Gasteiger partial charge in [-0.05, 0) is 52.8 Å². The summed E-state index contributed by atoms with van der Waals surface area (Å²) < 4.78 is 6.03. The van der Waals surface area contributed by atoms with Crippen LogP contribution in [0.5, 0.6) is 0 Å². The monoisotopic (exact) mass is 242 g/mol. The molecule has 0 aromatic heterocycles. The maximum Gasteiger partial charge on any atom is 0.169 e. The lowest BCUT2D eigenvalue weighted by molar-refractivity contribution is -0.167. The Morgan fingerprint density at radius 3 is 2.12 bits per heavy atom. The summed E-state index contributed by atoms with van der Waals surface area (Å²) in [6, 6.07) is 0.626. The van der Waals surface area contributed by atoms with Crippen molar-refractivity contribution in [2.45, 2.75) is 57.8 Å². The van der Waals surface area contributed by atoms with Crippen molar-refractivity contribution >= 4 is 17.3 Å². The molecule has 1 aliphatic heterocycles. The zero-order valence-corrected chi connectivity index (χ0v) is 11.5. The minimum Gasteiger partial charge on any atom is -0.366 e. The van der Waals surface area contributed by atoms with Crippen LogP contribution < -0.4 is 5.32 Å². The molecule has 1 saturated carbocycles. The van der Waals surface area contributed by atoms with E-state index in [1.807, 2.05) is 0 Å². The molecule has 0 spiro atoms. The van der Waals surface area contributed by atoms with Crippen molar-refractivity contribution in [2.24, 2.45) is 0 Å². The molecule has 92 valence electrons. The molecular formula is C12H22N2OS. The molecule has 0 aromatic carbocycles. The van der Waals surface area contributed by atoms with E-state index in [-0.39, 0.29) is 11.2 Å². The van der Waals surface area contributed by atoms with E-state index in [1.54, 1.807) is 0 Å². The van der Waals surface area contributed by atoms with E-state index in [0.717, 1.165) is 18.2 Å². The van der Waals surface area contributed by atoms with Crippen molar-refractivity contribution in [2.75, 3.05) is 13.1 Å². The summed E-state index contributed by atoms with van der Waals surface area (Å²) in [5, 5.41) is 4.30. The van der Waals surface area contributed by atoms with Gasteiger partial charge in [0.25, 0.3) is 0 Å². The minimum absolute atomic E-state index is 0.128. The lowest BCUT2D eigenvalue weighted by Gasteiger charge is -2.48. The summed E-state index contributed by atoms with van der Waals surface area (Å²) in [6.07, 6.45) is 2.52. The van der Waals surface area contributed by atoms with E-state index >= 15 is 0 Å². The smallest absolute Gasteiger partial charge is 0.169 e. The predicted octanol–water partition coefficient (Wildman–Crippen LogP) is 1.91. The number of rotatable bonds is 1. The van der Waals surface area contributed by atoms with Gasteiger partial charge in [-0.3, -0.25) is 0 Å². The fourth-order valence-corrected chi connectivity index (χ4v) is 2.72. The highest BCUT2D eigenvalue weighted by Gasteiger charge is 2.39. The summed E-state index contributed by atoms with van der Waals surface area (Å²) in [5.41, 5.74) is -0.256. The molecule has 4 heteroatoms. The molecule has 0 amide bonds. The van der Waals surface area contributed by atoms with E-state index in [2.05, 4.69) is 37.9 Å². The summed E-state index contributed by atoms with van der Waals surface area (Å²) in [5.74, 6) is 0. The standard InChI is InChI=1S/C12H22N2OS/c1-11(2)7-14(8-12(3,4)15-11)10(16)13-9-5-6-9/h9H,5-8H2,1-4H3,(H,13,16). The summed E-state index contributed by atoms with van der Waals surface area (Å²) in [7, 11) is 0. The number of hydrogen-bond acceptors (Lipinski definition) is 2. The molecule has 2 rings (SSSR count). The third-order valence-corrected chi connectivity index (χ3v) is 3.26. The first kappa shape index (κ1) is 12.1. The Hall–Kier alpha value is -0.350. The highest BCUT2D eigenvalue weighted by Crippen LogP contribution is 2.28. The van der Waals surface area contributed by atoms with E-state index in [4.69, 9.17) is 17.0 Å². The van der Waals surface area contributed by atoms with Gasteiger partial charge in [0.05, 0.1) is 11.2 Å². The molecule has 0 unspecified atom stereocenters. The minimum atomic E-state index is -0.128. The SMILES string of the molecule is CC1(C)CN(C(=S)NC2CC2)CC(C)(C)O1. The summed E-state index contributed by atoms with van der Waals surface area (Å²) in [6.45, 7) is 10.2. The van der Waals surface area contributed by atoms with Crippen LogP contribution in [-0.2, 0) is 4.74 Å². The van der Waals surface area contributed by atoms with Gasteiger partial charge in [0.1, 0.15) is 0 Å². The topological polar surface area (TPSA) is 24.5 Å². The third kappa shape index (κ3) is 3.08. The first-order valence-electron chi connectivity index (χ1n) is 6.03. The largest absolute Gasteiger partial charge is 0.366 e. The van der Waals surface area contributed by atoms with E-state index in [1.165, 1.54) is 12.8 Å². The number of hydrogen-bond donors (Lipinski definition) is 1. The maximum atomic E-state index is 6.03. The average molecular weight is 242 g/mol. The Kier molecular flexibility index (Phi) is 2.91. The van der Waals surface area contributed by atoms with Gasteiger partial charge in [-0.1, -0.05) is 0 Å². The van der Waals surface area contributed by atoms with Crippen LogP contribution in [0.15, 0.2) is 0 Å². The Morgan fingerprint density at radius 2 is 1.69 bits per heavy atom. The molecule has 1 heterocycles. The molecule has 1 N–H and O–H groups in total. The Bertz CT molecular complexity index is 281. The van der Waals surface area contributed by atoms with Crippen molar-refractivity contribution in [1.29, 1.82) is 0 Å². The van der Waals surface area contributed by atoms with Crippen molar-refractivity contribution in [3.8, 4) is 0 Å². The van der Waals surface area contributed by atoms with Crippen LogP contribution in [0.25, 0.3) is 0 Å². The molecule has 2 fully saturated rings. The lowest BCUT2D eigenvalue weighted by Crippen LogP contribution is -2.60. The average Bonchev–Trinajstić information content (AvgIpc) is 2.82. The quantitative estimate of drug-likeness (QED) is 0.710. The second-order valence-corrected chi connectivity index (χ2v) is 6.59. The van der Waals surface area contributed by atoms with Crippen LogP contribution in [0.4, 0.5) is 0 Å². The van der Waals surface area contributed by atoms with E-state index in [0.29, 0.717) is 6.04 Å². The number of ether oxygens (including phenoxy) is 1. The fraction of sp³-hybridized carbons (Fsp3) is 0.917.